The summed E-state index contributed by atoms with van der Waals surface area (Å²) in [4.78, 5) is 50.3. The van der Waals surface area contributed by atoms with E-state index in [-0.39, 0.29) is 18.2 Å². The molecular weight excluding hydrogens is 514 g/mol. The topological polar surface area (TPSA) is 158 Å². The molecule has 2 heterocycles. The van der Waals surface area contributed by atoms with Crippen molar-refractivity contribution in [2.45, 2.75) is 74.9 Å². The van der Waals surface area contributed by atoms with Crippen molar-refractivity contribution in [3.63, 3.8) is 0 Å². The van der Waals surface area contributed by atoms with Crippen LogP contribution in [0, 0.1) is 0 Å². The first kappa shape index (κ1) is 26.9. The molecule has 2 aliphatic heterocycles. The van der Waals surface area contributed by atoms with Crippen LogP contribution in [0.3, 0.4) is 0 Å². The molecule has 1 aromatic rings. The monoisotopic (exact) mass is 545 g/mol. The first-order valence-electron chi connectivity index (χ1n) is 12.7. The second-order valence-electron chi connectivity index (χ2n) is 10.5. The molecule has 0 aromatic heterocycles. The number of esters is 3. The molecule has 4 aliphatic rings. The molecule has 0 saturated carbocycles. The Hall–Kier alpha value is -3.64. The van der Waals surface area contributed by atoms with Gasteiger partial charge < -0.3 is 38.8 Å². The summed E-state index contributed by atoms with van der Waals surface area (Å²) in [7, 11) is 3.51. The highest BCUT2D eigenvalue weighted by atomic mass is 16.6. The van der Waals surface area contributed by atoms with Gasteiger partial charge in [-0.2, -0.15) is 0 Å². The average molecular weight is 546 g/mol. The fourth-order valence-electron chi connectivity index (χ4n) is 6.59. The number of likely N-dealkylation sites (tertiary alicyclic amines) is 1. The largest absolute Gasteiger partial charge is 0.493 e. The Bertz CT molecular complexity index is 1270. The van der Waals surface area contributed by atoms with Crippen LogP contribution in [0.1, 0.15) is 44.2 Å². The molecule has 12 nitrogen and oxygen atoms in total. The summed E-state index contributed by atoms with van der Waals surface area (Å²) in [6, 6.07) is 3.62. The number of carboxylic acids is 1. The summed E-state index contributed by atoms with van der Waals surface area (Å²) in [5.74, 6) is -3.17. The smallest absolute Gasteiger partial charge is 0.348 e. The zero-order valence-corrected chi connectivity index (χ0v) is 22.1. The van der Waals surface area contributed by atoms with Crippen LogP contribution in [-0.4, -0.2) is 89.6 Å². The molecule has 12 heteroatoms. The minimum atomic E-state index is -1.70. The maximum atomic E-state index is 13.0. The molecule has 0 radical (unpaired) electrons. The van der Waals surface area contributed by atoms with Gasteiger partial charge in [-0.05, 0) is 51.1 Å². The van der Waals surface area contributed by atoms with Crippen molar-refractivity contribution in [2.24, 2.45) is 0 Å². The number of piperidine rings is 1. The summed E-state index contributed by atoms with van der Waals surface area (Å²) >= 11 is 0. The molecule has 2 aliphatic carbocycles. The van der Waals surface area contributed by atoms with Crippen molar-refractivity contribution in [3.05, 3.63) is 35.1 Å². The predicted octanol–water partition coefficient (Wildman–Crippen LogP) is 0.854. The molecule has 1 aromatic carbocycles. The Labute approximate surface area is 224 Å². The number of benzene rings is 1. The minimum Gasteiger partial charge on any atom is -0.493 e. The van der Waals surface area contributed by atoms with E-state index in [0.29, 0.717) is 30.9 Å². The molecule has 2 bridgehead atoms. The van der Waals surface area contributed by atoms with Crippen LogP contribution in [0.25, 0.3) is 0 Å². The number of ether oxygens (including phenoxy) is 5. The van der Waals surface area contributed by atoms with E-state index in [4.69, 9.17) is 28.8 Å². The lowest BCUT2D eigenvalue weighted by molar-refractivity contribution is -0.179. The lowest BCUT2D eigenvalue weighted by Crippen LogP contribution is -2.74. The van der Waals surface area contributed by atoms with Gasteiger partial charge in [0.05, 0.1) is 24.5 Å². The molecule has 1 fully saturated rings. The van der Waals surface area contributed by atoms with Crippen LogP contribution in [0.2, 0.25) is 0 Å². The van der Waals surface area contributed by atoms with E-state index >= 15 is 0 Å². The first-order valence-corrected chi connectivity index (χ1v) is 12.7. The predicted molar refractivity (Wildman–Crippen MR) is 131 cm³/mol. The van der Waals surface area contributed by atoms with E-state index in [1.54, 1.807) is 6.08 Å². The Kier molecular flexibility index (Phi) is 6.58. The van der Waals surface area contributed by atoms with Gasteiger partial charge in [0.15, 0.2) is 23.7 Å². The third-order valence-electron chi connectivity index (χ3n) is 8.35. The van der Waals surface area contributed by atoms with Gasteiger partial charge in [0.25, 0.3) is 0 Å². The maximum absolute atomic E-state index is 13.0. The van der Waals surface area contributed by atoms with Crippen LogP contribution >= 0.6 is 0 Å². The Morgan fingerprint density at radius 2 is 1.97 bits per heavy atom. The molecule has 0 unspecified atom stereocenters. The van der Waals surface area contributed by atoms with Crippen LogP contribution in [-0.2, 0) is 45.2 Å². The Morgan fingerprint density at radius 1 is 1.23 bits per heavy atom. The van der Waals surface area contributed by atoms with E-state index in [0.717, 1.165) is 25.0 Å². The molecule has 2 N–H and O–H groups in total. The third kappa shape index (κ3) is 4.04. The number of carboxylic acid groups (broad SMARTS) is 1. The zero-order valence-electron chi connectivity index (χ0n) is 22.1. The van der Waals surface area contributed by atoms with Crippen molar-refractivity contribution < 1.29 is 53.1 Å². The number of carbonyl (C=O) groups is 4. The van der Waals surface area contributed by atoms with Crippen LogP contribution in [0.5, 0.6) is 11.5 Å². The fraction of sp³-hybridized carbons (Fsp3) is 0.556. The quantitative estimate of drug-likeness (QED) is 0.351. The van der Waals surface area contributed by atoms with E-state index < -0.39 is 59.6 Å². The van der Waals surface area contributed by atoms with E-state index in [9.17, 15) is 24.3 Å². The van der Waals surface area contributed by atoms with Gasteiger partial charge >= 0.3 is 23.9 Å². The lowest BCUT2D eigenvalue weighted by atomic mass is 9.50. The van der Waals surface area contributed by atoms with Gasteiger partial charge in [0, 0.05) is 24.9 Å². The molecule has 5 rings (SSSR count). The van der Waals surface area contributed by atoms with E-state index in [2.05, 4.69) is 4.90 Å². The highest BCUT2D eigenvalue weighted by Gasteiger charge is 2.72. The second-order valence-corrected chi connectivity index (χ2v) is 10.5. The van der Waals surface area contributed by atoms with E-state index in [1.807, 2.05) is 19.2 Å². The molecule has 1 spiro atoms. The van der Waals surface area contributed by atoms with Gasteiger partial charge in [0.1, 0.15) is 5.76 Å². The maximum Gasteiger partial charge on any atom is 0.348 e. The lowest BCUT2D eigenvalue weighted by Gasteiger charge is -2.61. The van der Waals surface area contributed by atoms with Gasteiger partial charge in [-0.15, -0.1) is 0 Å². The number of rotatable bonds is 8. The average Bonchev–Trinajstić information content (AvgIpc) is 3.23. The van der Waals surface area contributed by atoms with E-state index in [1.165, 1.54) is 7.11 Å². The van der Waals surface area contributed by atoms with Crippen LogP contribution in [0.15, 0.2) is 24.0 Å². The minimum absolute atomic E-state index is 0.174. The second kappa shape index (κ2) is 9.53. The van der Waals surface area contributed by atoms with Crippen molar-refractivity contribution in [2.75, 3.05) is 20.7 Å². The molecule has 6 atom stereocenters. The molecule has 1 saturated heterocycles. The molecule has 210 valence electrons. The first-order chi connectivity index (χ1) is 18.4. The van der Waals surface area contributed by atoms with Gasteiger partial charge in [0.2, 0.25) is 6.10 Å². The number of nitrogens with zero attached hydrogens (tertiary/aromatic N) is 1. The van der Waals surface area contributed by atoms with Crippen molar-refractivity contribution in [1.82, 2.24) is 4.90 Å². The van der Waals surface area contributed by atoms with Gasteiger partial charge in [-0.3, -0.25) is 9.59 Å². The molecular formula is C27H31NO11. The summed E-state index contributed by atoms with van der Waals surface area (Å²) < 4.78 is 27.4. The Morgan fingerprint density at radius 3 is 2.64 bits per heavy atom. The number of hydrogen-bond acceptors (Lipinski definition) is 11. The van der Waals surface area contributed by atoms with Crippen molar-refractivity contribution in [3.8, 4) is 11.5 Å². The SMILES string of the molecule is COc1ccc2c3c1O[C@H]1C(OC(=O)C[C@H](OC(C)=O)C(=O)O[C@@H](C)C(=O)O)=CC[C@@]4(O)[C@H](C2)N(C)CC[C@]314. The standard InChI is InChI=1S/C27H31NO11/c1-13(24(31)32)36-25(33)18(37-14(2)29)12-20(30)38-17-7-8-27(34)19-11-15-5-6-16(35-4)22-21(15)26(27,23(17)39-22)9-10-28(19)3/h5-7,13,18-19,23,34H,8-12H2,1-4H3,(H,31,32)/t13-,18-,19-,23-,26-,27+/m0/s1. The summed E-state index contributed by atoms with van der Waals surface area (Å²) in [6.07, 6.45) is -1.77. The van der Waals surface area contributed by atoms with Gasteiger partial charge in [-0.25, -0.2) is 9.59 Å². The number of carbonyl (C=O) groups excluding carboxylic acids is 3. The fourth-order valence-corrected chi connectivity index (χ4v) is 6.59. The number of aliphatic carboxylic acids is 1. The number of methoxy groups -OCH3 is 1. The zero-order chi connectivity index (χ0) is 28.3. The normalized spacial score (nSPS) is 29.6. The summed E-state index contributed by atoms with van der Waals surface area (Å²) in [6.45, 7) is 2.86. The van der Waals surface area contributed by atoms with Crippen LogP contribution in [0.4, 0.5) is 0 Å². The Balaban J connectivity index is 1.44. The highest BCUT2D eigenvalue weighted by Crippen LogP contribution is 2.65. The molecule has 0 amide bonds. The third-order valence-corrected chi connectivity index (χ3v) is 8.35. The van der Waals surface area contributed by atoms with Crippen LogP contribution < -0.4 is 9.47 Å². The highest BCUT2D eigenvalue weighted by molar-refractivity contribution is 5.86. The number of likely N-dealkylation sites (N-methyl/N-ethyl adjacent to an activating group) is 1. The van der Waals surface area contributed by atoms with Gasteiger partial charge in [-0.1, -0.05) is 6.07 Å². The number of hydrogen-bond donors (Lipinski definition) is 2. The summed E-state index contributed by atoms with van der Waals surface area (Å²) in [5, 5.41) is 21.2. The summed E-state index contributed by atoms with van der Waals surface area (Å²) in [5.41, 5.74) is -0.184. The molecule has 39 heavy (non-hydrogen) atoms. The van der Waals surface area contributed by atoms with Crippen molar-refractivity contribution in [1.29, 1.82) is 0 Å². The number of aliphatic hydroxyl groups is 1. The van der Waals surface area contributed by atoms with Crippen molar-refractivity contribution >= 4 is 23.9 Å².